The minimum atomic E-state index is -0.670. The molecular weight excluding hydrogens is 260 g/mol. The Morgan fingerprint density at radius 1 is 1.25 bits per heavy atom. The van der Waals surface area contributed by atoms with E-state index in [1.54, 1.807) is 39.9 Å². The molecule has 0 unspecified atom stereocenters. The Bertz CT molecular complexity index is 414. The molecule has 1 atom stereocenters. The van der Waals surface area contributed by atoms with E-state index in [0.717, 1.165) is 0 Å². The van der Waals surface area contributed by atoms with Gasteiger partial charge in [-0.15, -0.1) is 0 Å². The van der Waals surface area contributed by atoms with E-state index in [-0.39, 0.29) is 17.9 Å². The minimum Gasteiger partial charge on any atom is -0.462 e. The van der Waals surface area contributed by atoms with Crippen LogP contribution in [0.3, 0.4) is 0 Å². The summed E-state index contributed by atoms with van der Waals surface area (Å²) in [4.78, 5) is 25.8. The number of carbonyl (C=O) groups is 2. The van der Waals surface area contributed by atoms with Gasteiger partial charge in [0.05, 0.1) is 12.5 Å². The number of Topliss-reactive ketones (excluding diaryl/α,β-unsaturated/α-hetero) is 1. The third-order valence-electron chi connectivity index (χ3n) is 2.39. The molecule has 0 aromatic carbocycles. The first-order valence-corrected chi connectivity index (χ1v) is 6.25. The van der Waals surface area contributed by atoms with Crippen LogP contribution in [-0.4, -0.2) is 49.4 Å². The maximum absolute atomic E-state index is 12.3. The van der Waals surface area contributed by atoms with Crippen molar-refractivity contribution in [2.75, 3.05) is 27.7 Å². The molecule has 0 saturated carbocycles. The molecule has 0 amide bonds. The van der Waals surface area contributed by atoms with E-state index in [1.165, 1.54) is 17.4 Å². The van der Waals surface area contributed by atoms with Crippen molar-refractivity contribution in [1.29, 1.82) is 0 Å². The van der Waals surface area contributed by atoms with Gasteiger partial charge in [0.2, 0.25) is 0 Å². The van der Waals surface area contributed by atoms with Gasteiger partial charge in [-0.25, -0.2) is 10.6 Å². The lowest BCUT2D eigenvalue weighted by Gasteiger charge is -2.16. The second kappa shape index (κ2) is 8.21. The zero-order valence-corrected chi connectivity index (χ0v) is 12.7. The zero-order valence-electron chi connectivity index (χ0n) is 12.7. The minimum absolute atomic E-state index is 0.0413. The standard InChI is InChI=1S/C13H24N4O3/c1-6-20-13(19)10(7-16(3)4)12(18)9(2)11(14)8-17(5)15/h7-9H,6,14-15H2,1-5H3/b10-7-,11-8-/t9-/m1/s1. The fourth-order valence-corrected chi connectivity index (χ4v) is 1.42. The van der Waals surface area contributed by atoms with Gasteiger partial charge in [0, 0.05) is 39.2 Å². The number of hydrogen-bond acceptors (Lipinski definition) is 7. The molecule has 0 aliphatic carbocycles. The Labute approximate surface area is 119 Å². The van der Waals surface area contributed by atoms with Crippen LogP contribution >= 0.6 is 0 Å². The average Bonchev–Trinajstić information content (AvgIpc) is 2.33. The van der Waals surface area contributed by atoms with Crippen LogP contribution in [0, 0.1) is 5.92 Å². The van der Waals surface area contributed by atoms with Crippen LogP contribution in [0.4, 0.5) is 0 Å². The fraction of sp³-hybridized carbons (Fsp3) is 0.538. The summed E-state index contributed by atoms with van der Waals surface area (Å²) in [6, 6.07) is 0. The molecule has 0 heterocycles. The molecule has 0 aliphatic heterocycles. The summed E-state index contributed by atoms with van der Waals surface area (Å²) in [7, 11) is 5.01. The average molecular weight is 284 g/mol. The maximum Gasteiger partial charge on any atom is 0.343 e. The van der Waals surface area contributed by atoms with Crippen molar-refractivity contribution in [2.24, 2.45) is 17.5 Å². The molecule has 4 N–H and O–H groups in total. The molecule has 0 bridgehead atoms. The third kappa shape index (κ3) is 5.75. The highest BCUT2D eigenvalue weighted by Gasteiger charge is 2.26. The Balaban J connectivity index is 5.30. The number of ether oxygens (including phenoxy) is 1. The van der Waals surface area contributed by atoms with E-state index in [4.69, 9.17) is 16.3 Å². The van der Waals surface area contributed by atoms with Gasteiger partial charge < -0.3 is 20.4 Å². The van der Waals surface area contributed by atoms with E-state index in [2.05, 4.69) is 0 Å². The van der Waals surface area contributed by atoms with Crippen LogP contribution in [0.25, 0.3) is 0 Å². The number of allylic oxidation sites excluding steroid dienone is 1. The Morgan fingerprint density at radius 2 is 1.80 bits per heavy atom. The number of carbonyl (C=O) groups excluding carboxylic acids is 2. The number of nitrogens with zero attached hydrogens (tertiary/aromatic N) is 2. The first-order valence-electron chi connectivity index (χ1n) is 6.25. The van der Waals surface area contributed by atoms with Gasteiger partial charge in [-0.2, -0.15) is 0 Å². The second-order valence-electron chi connectivity index (χ2n) is 4.61. The summed E-state index contributed by atoms with van der Waals surface area (Å²) in [6.07, 6.45) is 2.86. The van der Waals surface area contributed by atoms with E-state index >= 15 is 0 Å². The van der Waals surface area contributed by atoms with Gasteiger partial charge >= 0.3 is 5.97 Å². The van der Waals surface area contributed by atoms with Crippen LogP contribution in [0.1, 0.15) is 13.8 Å². The summed E-state index contributed by atoms with van der Waals surface area (Å²) >= 11 is 0. The zero-order chi connectivity index (χ0) is 15.9. The van der Waals surface area contributed by atoms with Crippen molar-refractivity contribution in [3.63, 3.8) is 0 Å². The molecule has 0 spiro atoms. The number of esters is 1. The smallest absolute Gasteiger partial charge is 0.343 e. The van der Waals surface area contributed by atoms with Crippen molar-refractivity contribution >= 4 is 11.8 Å². The maximum atomic E-state index is 12.3. The molecule has 7 nitrogen and oxygen atoms in total. The largest absolute Gasteiger partial charge is 0.462 e. The Morgan fingerprint density at radius 3 is 2.20 bits per heavy atom. The second-order valence-corrected chi connectivity index (χ2v) is 4.61. The van der Waals surface area contributed by atoms with E-state index in [0.29, 0.717) is 0 Å². The monoisotopic (exact) mass is 284 g/mol. The molecule has 0 aromatic heterocycles. The summed E-state index contributed by atoms with van der Waals surface area (Å²) in [5.74, 6) is 3.71. The van der Waals surface area contributed by atoms with Gasteiger partial charge in [-0.05, 0) is 13.8 Å². The quantitative estimate of drug-likeness (QED) is 0.167. The molecule has 20 heavy (non-hydrogen) atoms. The van der Waals surface area contributed by atoms with Crippen molar-refractivity contribution in [3.8, 4) is 0 Å². The fourth-order valence-electron chi connectivity index (χ4n) is 1.42. The molecule has 0 rings (SSSR count). The molecule has 0 saturated heterocycles. The Hall–Kier alpha value is -2.02. The lowest BCUT2D eigenvalue weighted by atomic mass is 9.97. The number of nitrogens with two attached hydrogens (primary N) is 2. The molecule has 0 aliphatic rings. The van der Waals surface area contributed by atoms with Crippen LogP contribution in [-0.2, 0) is 14.3 Å². The molecular formula is C13H24N4O3. The van der Waals surface area contributed by atoms with Gasteiger partial charge in [0.25, 0.3) is 0 Å². The lowest BCUT2D eigenvalue weighted by Crippen LogP contribution is -2.29. The first-order chi connectivity index (χ1) is 9.20. The summed E-state index contributed by atoms with van der Waals surface area (Å²) in [6.45, 7) is 3.49. The number of rotatable bonds is 7. The summed E-state index contributed by atoms with van der Waals surface area (Å²) in [5.41, 5.74) is 6.02. The Kier molecular flexibility index (Phi) is 7.38. The molecule has 0 fully saturated rings. The van der Waals surface area contributed by atoms with E-state index < -0.39 is 17.7 Å². The number of ketones is 1. The topological polar surface area (TPSA) is 102 Å². The highest BCUT2D eigenvalue weighted by atomic mass is 16.5. The van der Waals surface area contributed by atoms with Gasteiger partial charge in [0.1, 0.15) is 5.57 Å². The first kappa shape index (κ1) is 18.0. The lowest BCUT2D eigenvalue weighted by molar-refractivity contribution is -0.140. The van der Waals surface area contributed by atoms with Gasteiger partial charge in [0.15, 0.2) is 5.78 Å². The molecule has 114 valence electrons. The van der Waals surface area contributed by atoms with Crippen LogP contribution < -0.4 is 11.6 Å². The molecule has 7 heteroatoms. The van der Waals surface area contributed by atoms with Crippen molar-refractivity contribution in [1.82, 2.24) is 9.91 Å². The highest BCUT2D eigenvalue weighted by molar-refractivity contribution is 6.18. The van der Waals surface area contributed by atoms with E-state index in [9.17, 15) is 9.59 Å². The SMILES string of the molecule is CCOC(=O)/C(=C\N(C)C)C(=O)[C@H](C)/C(N)=C/N(C)N. The predicted molar refractivity (Wildman–Crippen MR) is 76.8 cm³/mol. The third-order valence-corrected chi connectivity index (χ3v) is 2.39. The normalized spacial score (nSPS) is 13.7. The van der Waals surface area contributed by atoms with Crippen LogP contribution in [0.2, 0.25) is 0 Å². The predicted octanol–water partition coefficient (Wildman–Crippen LogP) is -0.194. The number of hydrogen-bond donors (Lipinski definition) is 2. The van der Waals surface area contributed by atoms with Crippen molar-refractivity contribution in [3.05, 3.63) is 23.7 Å². The van der Waals surface area contributed by atoms with E-state index in [1.807, 2.05) is 0 Å². The van der Waals surface area contributed by atoms with Crippen molar-refractivity contribution < 1.29 is 14.3 Å². The highest BCUT2D eigenvalue weighted by Crippen LogP contribution is 2.14. The summed E-state index contributed by atoms with van der Waals surface area (Å²) < 4.78 is 4.89. The number of hydrazine groups is 1. The molecule has 0 radical (unpaired) electrons. The molecule has 0 aromatic rings. The van der Waals surface area contributed by atoms with Crippen LogP contribution in [0.5, 0.6) is 0 Å². The van der Waals surface area contributed by atoms with Crippen molar-refractivity contribution in [2.45, 2.75) is 13.8 Å². The van der Waals surface area contributed by atoms with Crippen LogP contribution in [0.15, 0.2) is 23.7 Å². The van der Waals surface area contributed by atoms with Gasteiger partial charge in [-0.1, -0.05) is 0 Å². The summed E-state index contributed by atoms with van der Waals surface area (Å²) in [5, 5.41) is 1.25. The van der Waals surface area contributed by atoms with Gasteiger partial charge in [-0.3, -0.25) is 4.79 Å².